The summed E-state index contributed by atoms with van der Waals surface area (Å²) in [5.41, 5.74) is 6.72. The highest BCUT2D eigenvalue weighted by atomic mass is 35.5. The molecule has 1 aliphatic carbocycles. The Morgan fingerprint density at radius 1 is 1.40 bits per heavy atom. The number of nitrogens with two attached hydrogens (primary N) is 1. The molecule has 2 atom stereocenters. The van der Waals surface area contributed by atoms with Crippen LogP contribution in [0.25, 0.3) is 0 Å². The molecule has 0 aliphatic heterocycles. The zero-order valence-corrected chi connectivity index (χ0v) is 13.4. The average molecular weight is 317 g/mol. The van der Waals surface area contributed by atoms with E-state index in [9.17, 15) is 8.42 Å². The molecule has 112 valence electrons. The molecular weight excluding hydrogens is 296 g/mol. The second kappa shape index (κ2) is 5.92. The summed E-state index contributed by atoms with van der Waals surface area (Å²) >= 11 is 5.91. The molecule has 0 aromatic heterocycles. The topological polar surface area (TPSA) is 72.2 Å². The highest BCUT2D eigenvalue weighted by molar-refractivity contribution is 7.89. The van der Waals surface area contributed by atoms with E-state index in [1.807, 2.05) is 0 Å². The summed E-state index contributed by atoms with van der Waals surface area (Å²) in [6, 6.07) is 3.02. The zero-order chi connectivity index (χ0) is 14.9. The van der Waals surface area contributed by atoms with Gasteiger partial charge in [0.15, 0.2) is 0 Å². The van der Waals surface area contributed by atoms with Crippen molar-refractivity contribution in [3.63, 3.8) is 0 Å². The predicted molar refractivity (Wildman–Crippen MR) is 82.3 cm³/mol. The van der Waals surface area contributed by atoms with Gasteiger partial charge in [-0.15, -0.1) is 0 Å². The molecule has 1 aliphatic rings. The highest BCUT2D eigenvalue weighted by Gasteiger charge is 2.26. The Kier molecular flexibility index (Phi) is 4.62. The second-order valence-electron chi connectivity index (χ2n) is 5.64. The van der Waals surface area contributed by atoms with Crippen molar-refractivity contribution in [3.05, 3.63) is 22.7 Å². The molecule has 0 radical (unpaired) electrons. The molecule has 4 nitrogen and oxygen atoms in total. The molecule has 1 aromatic carbocycles. The first-order chi connectivity index (χ1) is 9.31. The minimum Gasteiger partial charge on any atom is -0.398 e. The van der Waals surface area contributed by atoms with Crippen molar-refractivity contribution in [1.29, 1.82) is 0 Å². The van der Waals surface area contributed by atoms with E-state index in [1.54, 1.807) is 13.0 Å². The van der Waals surface area contributed by atoms with Crippen LogP contribution >= 0.6 is 11.6 Å². The number of benzene rings is 1. The van der Waals surface area contributed by atoms with Gasteiger partial charge in [-0.3, -0.25) is 0 Å². The van der Waals surface area contributed by atoms with Gasteiger partial charge in [-0.1, -0.05) is 31.4 Å². The lowest BCUT2D eigenvalue weighted by Gasteiger charge is -2.17. The van der Waals surface area contributed by atoms with Crippen molar-refractivity contribution in [3.8, 4) is 0 Å². The number of hydrogen-bond acceptors (Lipinski definition) is 3. The van der Waals surface area contributed by atoms with E-state index in [4.69, 9.17) is 17.3 Å². The summed E-state index contributed by atoms with van der Waals surface area (Å²) in [4.78, 5) is 0.174. The molecule has 0 amide bonds. The maximum Gasteiger partial charge on any atom is 0.240 e. The van der Waals surface area contributed by atoms with Gasteiger partial charge >= 0.3 is 0 Å². The van der Waals surface area contributed by atoms with Gasteiger partial charge in [0.1, 0.15) is 0 Å². The summed E-state index contributed by atoms with van der Waals surface area (Å²) in [6.45, 7) is 4.35. The van der Waals surface area contributed by atoms with Gasteiger partial charge in [0.25, 0.3) is 0 Å². The molecule has 1 saturated carbocycles. The average Bonchev–Trinajstić information content (AvgIpc) is 2.77. The number of nitrogens with one attached hydrogen (secondary N) is 1. The molecular formula is C14H21ClN2O2S. The number of halogens is 1. The third-order valence-electron chi connectivity index (χ3n) is 4.23. The lowest BCUT2D eigenvalue weighted by molar-refractivity contribution is 0.414. The summed E-state index contributed by atoms with van der Waals surface area (Å²) in [6.07, 6.45) is 3.44. The van der Waals surface area contributed by atoms with E-state index in [0.29, 0.717) is 34.7 Å². The molecule has 0 spiro atoms. The molecule has 3 N–H and O–H groups in total. The number of hydrogen-bond donors (Lipinski definition) is 2. The Bertz CT molecular complexity index is 601. The minimum atomic E-state index is -3.56. The maximum absolute atomic E-state index is 12.4. The van der Waals surface area contributed by atoms with E-state index >= 15 is 0 Å². The van der Waals surface area contributed by atoms with Crippen LogP contribution in [0, 0.1) is 18.8 Å². The van der Waals surface area contributed by atoms with Gasteiger partial charge in [-0.25, -0.2) is 13.1 Å². The lowest BCUT2D eigenvalue weighted by Crippen LogP contribution is -2.31. The fraction of sp³-hybridized carbons (Fsp3) is 0.571. The summed E-state index contributed by atoms with van der Waals surface area (Å²) in [5, 5.41) is 0.336. The summed E-state index contributed by atoms with van der Waals surface area (Å²) in [7, 11) is -3.56. The third kappa shape index (κ3) is 3.27. The highest BCUT2D eigenvalue weighted by Crippen LogP contribution is 2.31. The van der Waals surface area contributed by atoms with Crippen molar-refractivity contribution < 1.29 is 8.42 Å². The molecule has 6 heteroatoms. The molecule has 0 bridgehead atoms. The van der Waals surface area contributed by atoms with E-state index in [1.165, 1.54) is 18.9 Å². The van der Waals surface area contributed by atoms with Crippen molar-refractivity contribution in [1.82, 2.24) is 4.72 Å². The van der Waals surface area contributed by atoms with Crippen LogP contribution in [-0.2, 0) is 10.0 Å². The summed E-state index contributed by atoms with van der Waals surface area (Å²) < 4.78 is 27.5. The summed E-state index contributed by atoms with van der Waals surface area (Å²) in [5.74, 6) is 0.991. The zero-order valence-electron chi connectivity index (χ0n) is 11.8. The first-order valence-corrected chi connectivity index (χ1v) is 8.72. The largest absolute Gasteiger partial charge is 0.398 e. The van der Waals surface area contributed by atoms with Crippen LogP contribution in [0.3, 0.4) is 0 Å². The molecule has 0 saturated heterocycles. The quantitative estimate of drug-likeness (QED) is 0.839. The van der Waals surface area contributed by atoms with Crippen LogP contribution in [0.1, 0.15) is 31.7 Å². The van der Waals surface area contributed by atoms with Crippen LogP contribution in [-0.4, -0.2) is 15.0 Å². The maximum atomic E-state index is 12.4. The second-order valence-corrected chi connectivity index (χ2v) is 7.81. The minimum absolute atomic E-state index is 0.174. The normalized spacial score (nSPS) is 23.1. The molecule has 1 aromatic rings. The number of anilines is 1. The first-order valence-electron chi connectivity index (χ1n) is 6.86. The van der Waals surface area contributed by atoms with Crippen LogP contribution < -0.4 is 10.5 Å². The fourth-order valence-electron chi connectivity index (χ4n) is 2.77. The van der Waals surface area contributed by atoms with Crippen LogP contribution in [0.4, 0.5) is 5.69 Å². The van der Waals surface area contributed by atoms with E-state index < -0.39 is 10.0 Å². The fourth-order valence-corrected chi connectivity index (χ4v) is 4.46. The molecule has 20 heavy (non-hydrogen) atoms. The van der Waals surface area contributed by atoms with Gasteiger partial charge in [-0.05, 0) is 42.9 Å². The van der Waals surface area contributed by atoms with Gasteiger partial charge in [-0.2, -0.15) is 0 Å². The van der Waals surface area contributed by atoms with Crippen molar-refractivity contribution >= 4 is 27.3 Å². The first kappa shape index (κ1) is 15.6. The molecule has 0 heterocycles. The van der Waals surface area contributed by atoms with Crippen LogP contribution in [0.15, 0.2) is 17.0 Å². The van der Waals surface area contributed by atoms with Gasteiger partial charge in [0.2, 0.25) is 10.0 Å². The van der Waals surface area contributed by atoms with Crippen molar-refractivity contribution in [2.75, 3.05) is 12.3 Å². The van der Waals surface area contributed by atoms with E-state index in [2.05, 4.69) is 11.6 Å². The lowest BCUT2D eigenvalue weighted by atomic mass is 9.99. The number of rotatable bonds is 4. The van der Waals surface area contributed by atoms with Gasteiger partial charge in [0, 0.05) is 17.3 Å². The van der Waals surface area contributed by atoms with Crippen LogP contribution in [0.5, 0.6) is 0 Å². The Morgan fingerprint density at radius 2 is 2.10 bits per heavy atom. The Morgan fingerprint density at radius 3 is 2.70 bits per heavy atom. The molecule has 2 rings (SSSR count). The Hall–Kier alpha value is -0.780. The van der Waals surface area contributed by atoms with Crippen molar-refractivity contribution in [2.45, 2.75) is 38.0 Å². The third-order valence-corrected chi connectivity index (χ3v) is 6.00. The number of nitrogen functional groups attached to an aromatic ring is 1. The van der Waals surface area contributed by atoms with Crippen LogP contribution in [0.2, 0.25) is 5.02 Å². The Balaban J connectivity index is 2.18. The predicted octanol–water partition coefficient (Wildman–Crippen LogP) is 2.95. The van der Waals surface area contributed by atoms with E-state index in [-0.39, 0.29) is 4.90 Å². The van der Waals surface area contributed by atoms with E-state index in [0.717, 1.165) is 6.42 Å². The monoisotopic (exact) mass is 316 g/mol. The smallest absolute Gasteiger partial charge is 0.240 e. The van der Waals surface area contributed by atoms with Gasteiger partial charge < -0.3 is 5.73 Å². The SMILES string of the molecule is Cc1c(N)cc(Cl)cc1S(=O)(=O)NCC1CCCC1C. The van der Waals surface area contributed by atoms with Crippen molar-refractivity contribution in [2.24, 2.45) is 11.8 Å². The Labute approximate surface area is 125 Å². The molecule has 2 unspecified atom stereocenters. The van der Waals surface area contributed by atoms with Gasteiger partial charge in [0.05, 0.1) is 4.90 Å². The molecule has 1 fully saturated rings. The standard InChI is InChI=1S/C14H21ClN2O2S/c1-9-4-3-5-11(9)8-17-20(18,19)14-7-12(15)6-13(16)10(14)2/h6-7,9,11,17H,3-5,8,16H2,1-2H3. The number of sulfonamides is 1.